The normalized spacial score (nSPS) is 24.2. The summed E-state index contributed by atoms with van der Waals surface area (Å²) in [5.41, 5.74) is 2.61. The van der Waals surface area contributed by atoms with Gasteiger partial charge < -0.3 is 10.1 Å². The van der Waals surface area contributed by atoms with Gasteiger partial charge >= 0.3 is 0 Å². The smallest absolute Gasteiger partial charge is 0.260 e. The number of para-hydroxylation sites is 1. The van der Waals surface area contributed by atoms with Crippen molar-refractivity contribution in [2.24, 2.45) is 5.92 Å². The second kappa shape index (κ2) is 7.94. The van der Waals surface area contributed by atoms with E-state index >= 15 is 0 Å². The third-order valence-corrected chi connectivity index (χ3v) is 6.96. The van der Waals surface area contributed by atoms with Crippen LogP contribution in [0.5, 0.6) is 0 Å². The number of nitrogens with zero attached hydrogens (tertiary/aromatic N) is 1. The maximum absolute atomic E-state index is 13.2. The van der Waals surface area contributed by atoms with Crippen LogP contribution >= 0.6 is 0 Å². The lowest BCUT2D eigenvalue weighted by molar-refractivity contribution is 0.144. The Balaban J connectivity index is 2.02. The molecule has 142 valence electrons. The van der Waals surface area contributed by atoms with Gasteiger partial charge in [0, 0.05) is 20.3 Å². The molecular formula is C20H28N2O3S. The molecule has 1 heterocycles. The zero-order chi connectivity index (χ0) is 18.7. The molecule has 1 aromatic carbocycles. The molecule has 2 unspecified atom stereocenters. The van der Waals surface area contributed by atoms with Crippen LogP contribution in [0.25, 0.3) is 0 Å². The van der Waals surface area contributed by atoms with Crippen LogP contribution in [0, 0.1) is 5.92 Å². The number of fused-ring (bicyclic) bond motifs is 1. The summed E-state index contributed by atoms with van der Waals surface area (Å²) in [7, 11) is -1.87. The highest BCUT2D eigenvalue weighted by molar-refractivity contribution is 7.96. The third kappa shape index (κ3) is 3.59. The van der Waals surface area contributed by atoms with Crippen LogP contribution in [0.15, 0.2) is 46.9 Å². The van der Waals surface area contributed by atoms with Crippen molar-refractivity contribution in [3.8, 4) is 0 Å². The number of benzene rings is 1. The van der Waals surface area contributed by atoms with E-state index in [1.807, 2.05) is 37.3 Å². The number of sulfonamides is 1. The number of hydrogen-bond donors (Lipinski definition) is 1. The number of hydrogen-bond acceptors (Lipinski definition) is 4. The van der Waals surface area contributed by atoms with Gasteiger partial charge in [0.1, 0.15) is 0 Å². The number of nitrogens with one attached hydrogen (secondary N) is 1. The van der Waals surface area contributed by atoms with Gasteiger partial charge in [-0.2, -0.15) is 0 Å². The van der Waals surface area contributed by atoms with Crippen LogP contribution in [-0.4, -0.2) is 35.2 Å². The second-order valence-electron chi connectivity index (χ2n) is 6.89. The summed E-state index contributed by atoms with van der Waals surface area (Å²) >= 11 is 0. The van der Waals surface area contributed by atoms with Gasteiger partial charge in [0.25, 0.3) is 10.0 Å². The molecule has 2 atom stereocenters. The number of allylic oxidation sites excluding steroid dienone is 2. The Morgan fingerprint density at radius 3 is 2.85 bits per heavy atom. The standard InChI is InChI=1S/C20H28N2O3S/c1-4-25-13-7-12-21-20-16-8-5-6-9-18(16)22(3)26(23,24)19-14-15(2)10-11-17(19)20/h5-6,8-11,15,20-21H,4,7,12-14H2,1-3H3. The Labute approximate surface area is 156 Å². The molecule has 0 bridgehead atoms. The molecule has 6 heteroatoms. The van der Waals surface area contributed by atoms with Crippen molar-refractivity contribution >= 4 is 15.7 Å². The van der Waals surface area contributed by atoms with E-state index < -0.39 is 10.0 Å². The van der Waals surface area contributed by atoms with Crippen molar-refractivity contribution in [2.75, 3.05) is 31.1 Å². The predicted octanol–water partition coefficient (Wildman–Crippen LogP) is 3.37. The maximum atomic E-state index is 13.2. The van der Waals surface area contributed by atoms with E-state index in [0.717, 1.165) is 29.8 Å². The highest BCUT2D eigenvalue weighted by atomic mass is 32.2. The molecule has 0 fully saturated rings. The average Bonchev–Trinajstić information content (AvgIpc) is 2.70. The SMILES string of the molecule is CCOCCCNC1C2=C(CC(C)C=C2)S(=O)(=O)N(C)c2ccccc21. The minimum absolute atomic E-state index is 0.133. The molecule has 0 radical (unpaired) electrons. The fourth-order valence-electron chi connectivity index (χ4n) is 3.62. The maximum Gasteiger partial charge on any atom is 0.260 e. The van der Waals surface area contributed by atoms with Gasteiger partial charge in [-0.15, -0.1) is 0 Å². The van der Waals surface area contributed by atoms with Crippen molar-refractivity contribution in [2.45, 2.75) is 32.7 Å². The molecule has 2 aliphatic rings. The van der Waals surface area contributed by atoms with Gasteiger partial charge in [-0.3, -0.25) is 4.31 Å². The zero-order valence-electron chi connectivity index (χ0n) is 15.7. The fourth-order valence-corrected chi connectivity index (χ4v) is 5.33. The van der Waals surface area contributed by atoms with Crippen LogP contribution < -0.4 is 9.62 Å². The van der Waals surface area contributed by atoms with E-state index in [2.05, 4.69) is 18.3 Å². The fraction of sp³-hybridized carbons (Fsp3) is 0.500. The first-order valence-corrected chi connectivity index (χ1v) is 10.7. The van der Waals surface area contributed by atoms with Gasteiger partial charge in [-0.05, 0) is 49.4 Å². The van der Waals surface area contributed by atoms with E-state index in [0.29, 0.717) is 24.5 Å². The highest BCUT2D eigenvalue weighted by Crippen LogP contribution is 2.43. The lowest BCUT2D eigenvalue weighted by Gasteiger charge is -2.25. The Morgan fingerprint density at radius 1 is 1.31 bits per heavy atom. The van der Waals surface area contributed by atoms with Crippen molar-refractivity contribution in [1.82, 2.24) is 5.32 Å². The molecular weight excluding hydrogens is 348 g/mol. The van der Waals surface area contributed by atoms with Crippen LogP contribution in [0.2, 0.25) is 0 Å². The Bertz CT molecular complexity index is 814. The Morgan fingerprint density at radius 2 is 2.08 bits per heavy atom. The molecule has 1 aliphatic carbocycles. The summed E-state index contributed by atoms with van der Waals surface area (Å²) in [6.45, 7) is 6.22. The van der Waals surface area contributed by atoms with Gasteiger partial charge in [0.2, 0.25) is 0 Å². The van der Waals surface area contributed by atoms with Gasteiger partial charge in [0.15, 0.2) is 0 Å². The monoisotopic (exact) mass is 376 g/mol. The van der Waals surface area contributed by atoms with Crippen LogP contribution in [-0.2, 0) is 14.8 Å². The average molecular weight is 377 g/mol. The van der Waals surface area contributed by atoms with Crippen molar-refractivity contribution in [1.29, 1.82) is 0 Å². The minimum atomic E-state index is -3.52. The Kier molecular flexibility index (Phi) is 5.85. The number of ether oxygens (including phenoxy) is 1. The van der Waals surface area contributed by atoms with Crippen molar-refractivity contribution < 1.29 is 13.2 Å². The first-order chi connectivity index (χ1) is 12.5. The molecule has 26 heavy (non-hydrogen) atoms. The molecule has 0 saturated carbocycles. The minimum Gasteiger partial charge on any atom is -0.382 e. The van der Waals surface area contributed by atoms with E-state index in [1.165, 1.54) is 4.31 Å². The first-order valence-electron chi connectivity index (χ1n) is 9.27. The summed E-state index contributed by atoms with van der Waals surface area (Å²) in [6.07, 6.45) is 5.54. The van der Waals surface area contributed by atoms with Gasteiger partial charge in [-0.25, -0.2) is 8.42 Å². The lowest BCUT2D eigenvalue weighted by Crippen LogP contribution is -2.29. The van der Waals surface area contributed by atoms with Crippen LogP contribution in [0.3, 0.4) is 0 Å². The number of rotatable bonds is 6. The van der Waals surface area contributed by atoms with Crippen LogP contribution in [0.4, 0.5) is 5.69 Å². The molecule has 0 aromatic heterocycles. The van der Waals surface area contributed by atoms with E-state index in [-0.39, 0.29) is 12.0 Å². The van der Waals surface area contributed by atoms with E-state index in [1.54, 1.807) is 7.05 Å². The lowest BCUT2D eigenvalue weighted by atomic mass is 9.90. The molecule has 0 saturated heterocycles. The third-order valence-electron chi connectivity index (χ3n) is 5.02. The quantitative estimate of drug-likeness (QED) is 0.774. The summed E-state index contributed by atoms with van der Waals surface area (Å²) in [5, 5.41) is 3.57. The summed E-state index contributed by atoms with van der Waals surface area (Å²) in [5.74, 6) is 0.219. The largest absolute Gasteiger partial charge is 0.382 e. The van der Waals surface area contributed by atoms with Gasteiger partial charge in [-0.1, -0.05) is 37.3 Å². The Hall–Kier alpha value is -1.63. The molecule has 1 aliphatic heterocycles. The highest BCUT2D eigenvalue weighted by Gasteiger charge is 2.37. The topological polar surface area (TPSA) is 58.6 Å². The van der Waals surface area contributed by atoms with Crippen molar-refractivity contribution in [3.63, 3.8) is 0 Å². The van der Waals surface area contributed by atoms with Gasteiger partial charge in [0.05, 0.1) is 16.6 Å². The molecule has 1 aromatic rings. The van der Waals surface area contributed by atoms with Crippen LogP contribution in [0.1, 0.15) is 38.3 Å². The second-order valence-corrected chi connectivity index (χ2v) is 8.88. The summed E-state index contributed by atoms with van der Waals surface area (Å²) in [4.78, 5) is 0.536. The first kappa shape index (κ1) is 19.1. The van der Waals surface area contributed by atoms with Crippen molar-refractivity contribution in [3.05, 3.63) is 52.5 Å². The molecule has 1 N–H and O–H groups in total. The zero-order valence-corrected chi connectivity index (χ0v) is 16.6. The molecule has 0 spiro atoms. The van der Waals surface area contributed by atoms with E-state index in [4.69, 9.17) is 4.74 Å². The molecule has 0 amide bonds. The summed E-state index contributed by atoms with van der Waals surface area (Å²) in [6, 6.07) is 7.62. The molecule has 5 nitrogen and oxygen atoms in total. The molecule has 3 rings (SSSR count). The summed E-state index contributed by atoms with van der Waals surface area (Å²) < 4.78 is 33.3. The number of anilines is 1. The predicted molar refractivity (Wildman–Crippen MR) is 106 cm³/mol. The van der Waals surface area contributed by atoms with E-state index in [9.17, 15) is 8.42 Å².